The van der Waals surface area contributed by atoms with E-state index in [9.17, 15) is 0 Å². The van der Waals surface area contributed by atoms with Crippen molar-refractivity contribution in [3.05, 3.63) is 18.1 Å². The van der Waals surface area contributed by atoms with Gasteiger partial charge in [-0.3, -0.25) is 4.98 Å². The Morgan fingerprint density at radius 3 is 2.79 bits per heavy atom. The van der Waals surface area contributed by atoms with Gasteiger partial charge in [0.15, 0.2) is 0 Å². The lowest BCUT2D eigenvalue weighted by Crippen LogP contribution is -2.12. The van der Waals surface area contributed by atoms with Gasteiger partial charge in [0, 0.05) is 18.3 Å². The second-order valence-electron chi connectivity index (χ2n) is 3.24. The molecule has 0 bridgehead atoms. The fourth-order valence-electron chi connectivity index (χ4n) is 1.33. The van der Waals surface area contributed by atoms with Crippen LogP contribution in [0.15, 0.2) is 12.4 Å². The maximum absolute atomic E-state index is 5.15. The fourth-order valence-corrected chi connectivity index (χ4v) is 1.33. The van der Waals surface area contributed by atoms with Crippen molar-refractivity contribution in [2.24, 2.45) is 0 Å². The van der Waals surface area contributed by atoms with E-state index in [0.29, 0.717) is 11.8 Å². The molecule has 1 N–H and O–H groups in total. The lowest BCUT2D eigenvalue weighted by Gasteiger charge is -2.12. The second-order valence-corrected chi connectivity index (χ2v) is 3.24. The quantitative estimate of drug-likeness (QED) is 0.767. The lowest BCUT2D eigenvalue weighted by molar-refractivity contribution is 0.383. The fraction of sp³-hybridized carbons (Fsp3) is 0.600. The van der Waals surface area contributed by atoms with E-state index in [4.69, 9.17) is 4.74 Å². The van der Waals surface area contributed by atoms with Crippen LogP contribution < -0.4 is 10.1 Å². The van der Waals surface area contributed by atoms with Crippen LogP contribution in [0.5, 0.6) is 5.88 Å². The number of hydrogen-bond acceptors (Lipinski definition) is 4. The molecule has 0 aromatic carbocycles. The molecule has 0 aliphatic heterocycles. The molecule has 0 spiro atoms. The molecule has 0 saturated carbocycles. The highest BCUT2D eigenvalue weighted by Gasteiger charge is 2.12. The van der Waals surface area contributed by atoms with E-state index in [-0.39, 0.29) is 0 Å². The minimum atomic E-state index is 0.367. The molecule has 0 saturated heterocycles. The number of rotatable bonds is 5. The van der Waals surface area contributed by atoms with Gasteiger partial charge in [-0.05, 0) is 20.0 Å². The molecule has 1 atom stereocenters. The predicted octanol–water partition coefficient (Wildman–Crippen LogP) is 1.20. The summed E-state index contributed by atoms with van der Waals surface area (Å²) in [5.74, 6) is 1.00. The largest absolute Gasteiger partial charge is 0.480 e. The molecule has 0 fully saturated rings. The first kappa shape index (κ1) is 10.9. The Hall–Kier alpha value is -1.16. The van der Waals surface area contributed by atoms with Crippen LogP contribution >= 0.6 is 0 Å². The Balaban J connectivity index is 2.72. The van der Waals surface area contributed by atoms with E-state index >= 15 is 0 Å². The van der Waals surface area contributed by atoms with Crippen molar-refractivity contribution in [2.75, 3.05) is 20.7 Å². The minimum Gasteiger partial charge on any atom is -0.480 e. The van der Waals surface area contributed by atoms with Gasteiger partial charge in [0.1, 0.15) is 5.69 Å². The number of ether oxygens (including phenoxy) is 1. The smallest absolute Gasteiger partial charge is 0.235 e. The van der Waals surface area contributed by atoms with Crippen LogP contribution in [0.1, 0.15) is 25.0 Å². The molecule has 78 valence electrons. The number of nitrogens with one attached hydrogen (secondary N) is 1. The highest BCUT2D eigenvalue weighted by molar-refractivity contribution is 5.20. The molecule has 0 aliphatic rings. The average molecular weight is 195 g/mol. The van der Waals surface area contributed by atoms with E-state index in [0.717, 1.165) is 18.7 Å². The van der Waals surface area contributed by atoms with Gasteiger partial charge in [0.05, 0.1) is 7.11 Å². The molecule has 14 heavy (non-hydrogen) atoms. The van der Waals surface area contributed by atoms with Crippen molar-refractivity contribution in [2.45, 2.75) is 19.3 Å². The van der Waals surface area contributed by atoms with E-state index < -0.39 is 0 Å². The topological polar surface area (TPSA) is 47.0 Å². The predicted molar refractivity (Wildman–Crippen MR) is 55.5 cm³/mol. The maximum atomic E-state index is 5.15. The van der Waals surface area contributed by atoms with Crippen LogP contribution in [0.4, 0.5) is 0 Å². The van der Waals surface area contributed by atoms with E-state index in [1.54, 1.807) is 19.5 Å². The van der Waals surface area contributed by atoms with E-state index in [1.807, 2.05) is 7.05 Å². The van der Waals surface area contributed by atoms with E-state index in [2.05, 4.69) is 22.2 Å². The molecule has 4 nitrogen and oxygen atoms in total. The number of hydrogen-bond donors (Lipinski definition) is 1. The first-order valence-corrected chi connectivity index (χ1v) is 4.79. The molecule has 0 radical (unpaired) electrons. The summed E-state index contributed by atoms with van der Waals surface area (Å²) in [6.07, 6.45) is 4.38. The van der Waals surface area contributed by atoms with Crippen LogP contribution in [-0.4, -0.2) is 30.7 Å². The number of nitrogens with zero attached hydrogens (tertiary/aromatic N) is 2. The second kappa shape index (κ2) is 5.54. The van der Waals surface area contributed by atoms with Gasteiger partial charge in [-0.2, -0.15) is 0 Å². The zero-order valence-corrected chi connectivity index (χ0v) is 8.95. The summed E-state index contributed by atoms with van der Waals surface area (Å²) in [7, 11) is 3.57. The summed E-state index contributed by atoms with van der Waals surface area (Å²) in [4.78, 5) is 8.41. The van der Waals surface area contributed by atoms with Crippen molar-refractivity contribution >= 4 is 0 Å². The SMILES string of the molecule is CNCCC(C)c1nccnc1OC. The molecule has 1 aromatic heterocycles. The van der Waals surface area contributed by atoms with Gasteiger partial charge in [0.2, 0.25) is 5.88 Å². The van der Waals surface area contributed by atoms with Crippen molar-refractivity contribution in [1.82, 2.24) is 15.3 Å². The Bertz CT molecular complexity index is 278. The molecule has 0 amide bonds. The Morgan fingerprint density at radius 1 is 1.43 bits per heavy atom. The van der Waals surface area contributed by atoms with Crippen LogP contribution in [0.2, 0.25) is 0 Å². The lowest BCUT2D eigenvalue weighted by atomic mass is 10.0. The van der Waals surface area contributed by atoms with Crippen molar-refractivity contribution < 1.29 is 4.74 Å². The molecular weight excluding hydrogens is 178 g/mol. The molecule has 1 unspecified atom stereocenters. The zero-order chi connectivity index (χ0) is 10.4. The summed E-state index contributed by atoms with van der Waals surface area (Å²) in [5.41, 5.74) is 0.935. The summed E-state index contributed by atoms with van der Waals surface area (Å²) >= 11 is 0. The van der Waals surface area contributed by atoms with Gasteiger partial charge >= 0.3 is 0 Å². The third-order valence-electron chi connectivity index (χ3n) is 2.18. The normalized spacial score (nSPS) is 12.5. The summed E-state index contributed by atoms with van der Waals surface area (Å²) < 4.78 is 5.15. The summed E-state index contributed by atoms with van der Waals surface area (Å²) in [6, 6.07) is 0. The molecule has 0 aliphatic carbocycles. The summed E-state index contributed by atoms with van der Waals surface area (Å²) in [5, 5.41) is 3.12. The third kappa shape index (κ3) is 2.67. The van der Waals surface area contributed by atoms with Crippen LogP contribution in [-0.2, 0) is 0 Å². The number of methoxy groups -OCH3 is 1. The maximum Gasteiger partial charge on any atom is 0.235 e. The summed E-state index contributed by atoms with van der Waals surface area (Å²) in [6.45, 7) is 3.10. The molecule has 1 rings (SSSR count). The van der Waals surface area contributed by atoms with Gasteiger partial charge < -0.3 is 10.1 Å². The molecule has 1 heterocycles. The highest BCUT2D eigenvalue weighted by Crippen LogP contribution is 2.23. The monoisotopic (exact) mass is 195 g/mol. The van der Waals surface area contributed by atoms with Crippen LogP contribution in [0, 0.1) is 0 Å². The van der Waals surface area contributed by atoms with Crippen molar-refractivity contribution in [3.63, 3.8) is 0 Å². The molecule has 4 heteroatoms. The van der Waals surface area contributed by atoms with Gasteiger partial charge in [-0.1, -0.05) is 6.92 Å². The number of aromatic nitrogens is 2. The van der Waals surface area contributed by atoms with Crippen LogP contribution in [0.25, 0.3) is 0 Å². The Kier molecular flexibility index (Phi) is 4.32. The Morgan fingerprint density at radius 2 is 2.14 bits per heavy atom. The third-order valence-corrected chi connectivity index (χ3v) is 2.18. The highest BCUT2D eigenvalue weighted by atomic mass is 16.5. The molecular formula is C10H17N3O. The Labute approximate surface area is 84.7 Å². The van der Waals surface area contributed by atoms with Gasteiger partial charge in [-0.25, -0.2) is 4.98 Å². The first-order chi connectivity index (χ1) is 6.79. The average Bonchev–Trinajstić information content (AvgIpc) is 2.25. The van der Waals surface area contributed by atoms with E-state index in [1.165, 1.54) is 0 Å². The van der Waals surface area contributed by atoms with Gasteiger partial charge in [-0.15, -0.1) is 0 Å². The van der Waals surface area contributed by atoms with Gasteiger partial charge in [0.25, 0.3) is 0 Å². The zero-order valence-electron chi connectivity index (χ0n) is 8.95. The van der Waals surface area contributed by atoms with Crippen molar-refractivity contribution in [1.29, 1.82) is 0 Å². The minimum absolute atomic E-state index is 0.367. The first-order valence-electron chi connectivity index (χ1n) is 4.79. The standard InChI is InChI=1S/C10H17N3O/c1-8(4-5-11-2)9-10(14-3)13-7-6-12-9/h6-8,11H,4-5H2,1-3H3. The van der Waals surface area contributed by atoms with Crippen LogP contribution in [0.3, 0.4) is 0 Å². The molecule has 1 aromatic rings. The van der Waals surface area contributed by atoms with Crippen molar-refractivity contribution in [3.8, 4) is 5.88 Å².